The van der Waals surface area contributed by atoms with Crippen molar-refractivity contribution in [1.29, 1.82) is 0 Å². The molecule has 0 aromatic heterocycles. The molecule has 0 heterocycles. The predicted molar refractivity (Wildman–Crippen MR) is 85.1 cm³/mol. The van der Waals surface area contributed by atoms with Gasteiger partial charge in [0.05, 0.1) is 0 Å². The number of rotatable bonds is 5. The Kier molecular flexibility index (Phi) is 5.32. The van der Waals surface area contributed by atoms with Crippen molar-refractivity contribution in [2.75, 3.05) is 0 Å². The Labute approximate surface area is 128 Å². The predicted octanol–water partition coefficient (Wildman–Crippen LogP) is 5.39. The standard InChI is InChI=1S/C17H19BrFN/c1-3-17(13-7-9-16(19)10-8-13)20-12(2)14-5-4-6-15(18)11-14/h4-12,17,20H,3H2,1-2H3/t12-,17?/m0/s1. The summed E-state index contributed by atoms with van der Waals surface area (Å²) >= 11 is 3.50. The van der Waals surface area contributed by atoms with Crippen LogP contribution in [-0.4, -0.2) is 0 Å². The van der Waals surface area contributed by atoms with Crippen LogP contribution in [0, 0.1) is 5.82 Å². The van der Waals surface area contributed by atoms with E-state index in [1.54, 1.807) is 0 Å². The number of benzene rings is 2. The monoisotopic (exact) mass is 335 g/mol. The largest absolute Gasteiger partial charge is 0.303 e. The third-order valence-corrected chi connectivity index (χ3v) is 3.97. The summed E-state index contributed by atoms with van der Waals surface area (Å²) in [6.45, 7) is 4.28. The molecule has 2 atom stereocenters. The summed E-state index contributed by atoms with van der Waals surface area (Å²) in [7, 11) is 0. The number of hydrogen-bond acceptors (Lipinski definition) is 1. The van der Waals surface area contributed by atoms with Crippen LogP contribution in [0.2, 0.25) is 0 Å². The van der Waals surface area contributed by atoms with Crippen LogP contribution < -0.4 is 5.32 Å². The molecule has 1 N–H and O–H groups in total. The minimum absolute atomic E-state index is 0.191. The second-order valence-electron chi connectivity index (χ2n) is 4.96. The first-order valence-electron chi connectivity index (χ1n) is 6.87. The first-order chi connectivity index (χ1) is 9.60. The van der Waals surface area contributed by atoms with Crippen LogP contribution in [0.15, 0.2) is 53.0 Å². The van der Waals surface area contributed by atoms with Crippen molar-refractivity contribution < 1.29 is 4.39 Å². The minimum Gasteiger partial charge on any atom is -0.303 e. The molecule has 2 aromatic carbocycles. The topological polar surface area (TPSA) is 12.0 Å². The molecule has 0 saturated carbocycles. The van der Waals surface area contributed by atoms with Crippen LogP contribution in [0.1, 0.15) is 43.5 Å². The smallest absolute Gasteiger partial charge is 0.123 e. The highest BCUT2D eigenvalue weighted by Crippen LogP contribution is 2.24. The lowest BCUT2D eigenvalue weighted by molar-refractivity contribution is 0.455. The molecule has 0 aliphatic heterocycles. The van der Waals surface area contributed by atoms with Crippen LogP contribution in [0.4, 0.5) is 4.39 Å². The van der Waals surface area contributed by atoms with Gasteiger partial charge in [-0.15, -0.1) is 0 Å². The van der Waals surface area contributed by atoms with E-state index in [4.69, 9.17) is 0 Å². The molecule has 0 amide bonds. The molecule has 3 heteroatoms. The van der Waals surface area contributed by atoms with Gasteiger partial charge in [0.2, 0.25) is 0 Å². The first-order valence-corrected chi connectivity index (χ1v) is 7.66. The molecule has 0 spiro atoms. The van der Waals surface area contributed by atoms with Crippen molar-refractivity contribution >= 4 is 15.9 Å². The van der Waals surface area contributed by atoms with E-state index in [0.717, 1.165) is 16.5 Å². The van der Waals surface area contributed by atoms with Crippen LogP contribution in [0.3, 0.4) is 0 Å². The molecule has 20 heavy (non-hydrogen) atoms. The average Bonchev–Trinajstić information content (AvgIpc) is 2.45. The number of halogens is 2. The fourth-order valence-electron chi connectivity index (χ4n) is 2.32. The third kappa shape index (κ3) is 3.90. The highest BCUT2D eigenvalue weighted by Gasteiger charge is 2.14. The van der Waals surface area contributed by atoms with Gasteiger partial charge in [-0.05, 0) is 48.7 Å². The first kappa shape index (κ1) is 15.2. The highest BCUT2D eigenvalue weighted by atomic mass is 79.9. The van der Waals surface area contributed by atoms with Gasteiger partial charge < -0.3 is 5.32 Å². The van der Waals surface area contributed by atoms with Crippen molar-refractivity contribution in [1.82, 2.24) is 5.32 Å². The summed E-state index contributed by atoms with van der Waals surface area (Å²) in [5.74, 6) is -0.191. The highest BCUT2D eigenvalue weighted by molar-refractivity contribution is 9.10. The summed E-state index contributed by atoms with van der Waals surface area (Å²) < 4.78 is 14.1. The van der Waals surface area contributed by atoms with Crippen molar-refractivity contribution in [2.24, 2.45) is 0 Å². The second kappa shape index (κ2) is 7.00. The molecular weight excluding hydrogens is 317 g/mol. The van der Waals surface area contributed by atoms with E-state index in [0.29, 0.717) is 0 Å². The van der Waals surface area contributed by atoms with E-state index >= 15 is 0 Å². The van der Waals surface area contributed by atoms with E-state index in [1.807, 2.05) is 24.3 Å². The molecule has 0 saturated heterocycles. The maximum absolute atomic E-state index is 13.0. The van der Waals surface area contributed by atoms with Gasteiger partial charge in [-0.25, -0.2) is 4.39 Å². The Balaban J connectivity index is 2.11. The summed E-state index contributed by atoms with van der Waals surface area (Å²) in [6.07, 6.45) is 0.962. The van der Waals surface area contributed by atoms with Gasteiger partial charge in [0.1, 0.15) is 5.82 Å². The quantitative estimate of drug-likeness (QED) is 0.772. The van der Waals surface area contributed by atoms with Gasteiger partial charge in [0.25, 0.3) is 0 Å². The molecule has 0 bridgehead atoms. The molecule has 106 valence electrons. The molecule has 1 unspecified atom stereocenters. The third-order valence-electron chi connectivity index (χ3n) is 3.48. The maximum Gasteiger partial charge on any atom is 0.123 e. The van der Waals surface area contributed by atoms with Gasteiger partial charge in [-0.3, -0.25) is 0 Å². The lowest BCUT2D eigenvalue weighted by atomic mass is 10.0. The van der Waals surface area contributed by atoms with E-state index in [1.165, 1.54) is 17.7 Å². The second-order valence-corrected chi connectivity index (χ2v) is 5.87. The molecule has 0 radical (unpaired) electrons. The SMILES string of the molecule is CCC(N[C@@H](C)c1cccc(Br)c1)c1ccc(F)cc1. The van der Waals surface area contributed by atoms with E-state index in [-0.39, 0.29) is 17.9 Å². The molecule has 2 rings (SSSR count). The maximum atomic E-state index is 13.0. The zero-order valence-electron chi connectivity index (χ0n) is 11.7. The Morgan fingerprint density at radius 2 is 1.80 bits per heavy atom. The van der Waals surface area contributed by atoms with Crippen LogP contribution in [0.25, 0.3) is 0 Å². The van der Waals surface area contributed by atoms with Crippen molar-refractivity contribution in [3.8, 4) is 0 Å². The summed E-state index contributed by atoms with van der Waals surface area (Å²) in [4.78, 5) is 0. The molecule has 0 aliphatic carbocycles. The lowest BCUT2D eigenvalue weighted by Gasteiger charge is -2.23. The molecular formula is C17H19BrFN. The van der Waals surface area contributed by atoms with Gasteiger partial charge in [0, 0.05) is 16.6 Å². The van der Waals surface area contributed by atoms with Crippen LogP contribution in [-0.2, 0) is 0 Å². The summed E-state index contributed by atoms with van der Waals surface area (Å²) in [6, 6.07) is 15.5. The normalized spacial score (nSPS) is 14.0. The van der Waals surface area contributed by atoms with Gasteiger partial charge in [-0.1, -0.05) is 47.1 Å². The van der Waals surface area contributed by atoms with Crippen molar-refractivity contribution in [3.05, 3.63) is 69.9 Å². The molecule has 2 aromatic rings. The number of hydrogen-bond donors (Lipinski definition) is 1. The zero-order valence-corrected chi connectivity index (χ0v) is 13.3. The Morgan fingerprint density at radius 3 is 2.40 bits per heavy atom. The molecule has 0 fully saturated rings. The lowest BCUT2D eigenvalue weighted by Crippen LogP contribution is -2.24. The van der Waals surface area contributed by atoms with Gasteiger partial charge >= 0.3 is 0 Å². The number of nitrogens with one attached hydrogen (secondary N) is 1. The van der Waals surface area contributed by atoms with Crippen LogP contribution >= 0.6 is 15.9 Å². The average molecular weight is 336 g/mol. The summed E-state index contributed by atoms with van der Waals surface area (Å²) in [5.41, 5.74) is 2.36. The fourth-order valence-corrected chi connectivity index (χ4v) is 2.74. The zero-order chi connectivity index (χ0) is 14.5. The van der Waals surface area contributed by atoms with Gasteiger partial charge in [-0.2, -0.15) is 0 Å². The van der Waals surface area contributed by atoms with E-state index in [9.17, 15) is 4.39 Å². The Morgan fingerprint density at radius 1 is 1.10 bits per heavy atom. The Hall–Kier alpha value is -1.19. The van der Waals surface area contributed by atoms with Crippen LogP contribution in [0.5, 0.6) is 0 Å². The minimum atomic E-state index is -0.191. The molecule has 0 aliphatic rings. The van der Waals surface area contributed by atoms with Crippen molar-refractivity contribution in [2.45, 2.75) is 32.4 Å². The molecule has 1 nitrogen and oxygen atoms in total. The van der Waals surface area contributed by atoms with E-state index < -0.39 is 0 Å². The summed E-state index contributed by atoms with van der Waals surface area (Å²) in [5, 5.41) is 3.60. The van der Waals surface area contributed by atoms with Crippen molar-refractivity contribution in [3.63, 3.8) is 0 Å². The van der Waals surface area contributed by atoms with Gasteiger partial charge in [0.15, 0.2) is 0 Å². The fraction of sp³-hybridized carbons (Fsp3) is 0.294. The van der Waals surface area contributed by atoms with E-state index in [2.05, 4.69) is 47.2 Å². The Bertz CT molecular complexity index is 553.